The molecule has 0 heterocycles. The molecule has 0 fully saturated rings. The van der Waals surface area contributed by atoms with Gasteiger partial charge < -0.3 is 15.3 Å². The van der Waals surface area contributed by atoms with Crippen molar-refractivity contribution in [3.8, 4) is 11.5 Å². The van der Waals surface area contributed by atoms with Crippen molar-refractivity contribution >= 4 is 0 Å². The van der Waals surface area contributed by atoms with E-state index in [2.05, 4.69) is 0 Å². The number of allylic oxidation sites excluding steroid dienone is 1. The largest absolute Gasteiger partial charge is 0.516 e. The van der Waals surface area contributed by atoms with E-state index in [0.717, 1.165) is 6.26 Å². The van der Waals surface area contributed by atoms with E-state index in [1.165, 1.54) is 24.3 Å². The predicted molar refractivity (Wildman–Crippen MR) is 45.2 cm³/mol. The van der Waals surface area contributed by atoms with Crippen LogP contribution in [0.3, 0.4) is 0 Å². The van der Waals surface area contributed by atoms with Gasteiger partial charge in [0, 0.05) is 5.56 Å². The van der Waals surface area contributed by atoms with Crippen LogP contribution < -0.4 is 0 Å². The lowest BCUT2D eigenvalue weighted by molar-refractivity contribution is 0.454. The van der Waals surface area contributed by atoms with E-state index in [4.69, 9.17) is 10.2 Å². The molecule has 0 aromatic heterocycles. The molecule has 1 rings (SSSR count). The van der Waals surface area contributed by atoms with Crippen molar-refractivity contribution in [1.82, 2.24) is 0 Å². The smallest absolute Gasteiger partial charge is 0.119 e. The summed E-state index contributed by atoms with van der Waals surface area (Å²) in [7, 11) is 0. The summed E-state index contributed by atoms with van der Waals surface area (Å²) >= 11 is 0. The minimum absolute atomic E-state index is 0.106. The summed E-state index contributed by atoms with van der Waals surface area (Å²) in [5.74, 6) is 0.222. The van der Waals surface area contributed by atoms with Crippen molar-refractivity contribution in [1.29, 1.82) is 0 Å². The Morgan fingerprint density at radius 3 is 2.67 bits per heavy atom. The van der Waals surface area contributed by atoms with Gasteiger partial charge in [0.05, 0.1) is 6.26 Å². The molecular weight excluding hydrogens is 156 g/mol. The Morgan fingerprint density at radius 2 is 2.00 bits per heavy atom. The van der Waals surface area contributed by atoms with E-state index in [1.54, 1.807) is 0 Å². The molecule has 0 bridgehead atoms. The highest BCUT2D eigenvalue weighted by Gasteiger charge is 1.99. The van der Waals surface area contributed by atoms with Crippen LogP contribution in [0.5, 0.6) is 11.5 Å². The highest BCUT2D eigenvalue weighted by molar-refractivity contribution is 5.39. The van der Waals surface area contributed by atoms with Gasteiger partial charge in [0.15, 0.2) is 0 Å². The average molecular weight is 166 g/mol. The summed E-state index contributed by atoms with van der Waals surface area (Å²) in [6, 6.07) is 4.27. The quantitative estimate of drug-likeness (QED) is 0.463. The number of aromatic hydroxyl groups is 2. The Bertz CT molecular complexity index is 292. The van der Waals surface area contributed by atoms with Crippen molar-refractivity contribution < 1.29 is 15.3 Å². The molecule has 12 heavy (non-hydrogen) atoms. The molecule has 0 spiro atoms. The van der Waals surface area contributed by atoms with Crippen LogP contribution in [0.2, 0.25) is 0 Å². The van der Waals surface area contributed by atoms with Gasteiger partial charge in [-0.1, -0.05) is 0 Å². The third-order valence-electron chi connectivity index (χ3n) is 1.51. The fraction of sp³-hybridized carbons (Fsp3) is 0.111. The van der Waals surface area contributed by atoms with E-state index < -0.39 is 0 Å². The number of hydrogen-bond donors (Lipinski definition) is 3. The first-order chi connectivity index (χ1) is 5.74. The molecule has 1 aromatic carbocycles. The summed E-state index contributed by atoms with van der Waals surface area (Å²) in [6.45, 7) is 0. The van der Waals surface area contributed by atoms with Gasteiger partial charge in [0.2, 0.25) is 0 Å². The van der Waals surface area contributed by atoms with Gasteiger partial charge in [0.25, 0.3) is 0 Å². The molecule has 3 N–H and O–H groups in total. The molecule has 0 amide bonds. The normalized spacial score (nSPS) is 10.7. The first kappa shape index (κ1) is 8.46. The predicted octanol–water partition coefficient (Wildman–Crippen LogP) is 1.71. The monoisotopic (exact) mass is 166 g/mol. The van der Waals surface area contributed by atoms with Gasteiger partial charge in [-0.2, -0.15) is 0 Å². The number of aliphatic hydroxyl groups excluding tert-OH is 1. The van der Waals surface area contributed by atoms with Crippen LogP contribution in [0.25, 0.3) is 0 Å². The van der Waals surface area contributed by atoms with Crippen LogP contribution in [0, 0.1) is 0 Å². The second-order valence-corrected chi connectivity index (χ2v) is 2.40. The zero-order chi connectivity index (χ0) is 8.97. The molecule has 0 saturated carbocycles. The fourth-order valence-corrected chi connectivity index (χ4v) is 0.915. The van der Waals surface area contributed by atoms with Gasteiger partial charge in [-0.3, -0.25) is 0 Å². The van der Waals surface area contributed by atoms with Gasteiger partial charge >= 0.3 is 0 Å². The molecule has 3 heteroatoms. The lowest BCUT2D eigenvalue weighted by atomic mass is 10.1. The SMILES string of the molecule is O/C=C/Cc1cc(O)ccc1O. The van der Waals surface area contributed by atoms with Crippen molar-refractivity contribution in [3.63, 3.8) is 0 Å². The minimum Gasteiger partial charge on any atom is -0.516 e. The van der Waals surface area contributed by atoms with Gasteiger partial charge in [-0.15, -0.1) is 0 Å². The molecule has 0 saturated heterocycles. The number of aliphatic hydroxyl groups is 1. The van der Waals surface area contributed by atoms with E-state index in [1.807, 2.05) is 0 Å². The second kappa shape index (κ2) is 3.67. The van der Waals surface area contributed by atoms with Crippen molar-refractivity contribution in [2.75, 3.05) is 0 Å². The van der Waals surface area contributed by atoms with Gasteiger partial charge in [0.1, 0.15) is 11.5 Å². The van der Waals surface area contributed by atoms with Crippen molar-refractivity contribution in [3.05, 3.63) is 36.1 Å². The Morgan fingerprint density at radius 1 is 1.25 bits per heavy atom. The average Bonchev–Trinajstić information content (AvgIpc) is 2.07. The maximum atomic E-state index is 9.23. The zero-order valence-corrected chi connectivity index (χ0v) is 6.44. The Labute approximate surface area is 70.2 Å². The number of phenols is 2. The van der Waals surface area contributed by atoms with Crippen LogP contribution in [0.15, 0.2) is 30.5 Å². The summed E-state index contributed by atoms with van der Waals surface area (Å²) in [5.41, 5.74) is 0.584. The maximum Gasteiger partial charge on any atom is 0.119 e. The molecule has 64 valence electrons. The molecule has 0 radical (unpaired) electrons. The zero-order valence-electron chi connectivity index (χ0n) is 6.44. The third kappa shape index (κ3) is 1.92. The van der Waals surface area contributed by atoms with Crippen molar-refractivity contribution in [2.24, 2.45) is 0 Å². The number of rotatable bonds is 2. The van der Waals surface area contributed by atoms with Crippen LogP contribution in [0.1, 0.15) is 5.56 Å². The van der Waals surface area contributed by atoms with E-state index in [-0.39, 0.29) is 11.5 Å². The molecular formula is C9H10O3. The van der Waals surface area contributed by atoms with Crippen LogP contribution in [-0.4, -0.2) is 15.3 Å². The first-order valence-corrected chi connectivity index (χ1v) is 3.54. The number of phenolic OH excluding ortho intramolecular Hbond substituents is 2. The van der Waals surface area contributed by atoms with E-state index >= 15 is 0 Å². The number of benzene rings is 1. The second-order valence-electron chi connectivity index (χ2n) is 2.40. The molecule has 0 aliphatic heterocycles. The summed E-state index contributed by atoms with van der Waals surface area (Å²) in [6.07, 6.45) is 2.79. The molecule has 0 unspecified atom stereocenters. The van der Waals surface area contributed by atoms with Crippen LogP contribution in [0.4, 0.5) is 0 Å². The molecule has 0 atom stereocenters. The van der Waals surface area contributed by atoms with Crippen LogP contribution in [-0.2, 0) is 6.42 Å². The Balaban J connectivity index is 2.89. The van der Waals surface area contributed by atoms with Crippen molar-refractivity contribution in [2.45, 2.75) is 6.42 Å². The lowest BCUT2D eigenvalue weighted by Crippen LogP contribution is -1.81. The standard InChI is InChI=1S/C9H10O3/c10-5-1-2-7-6-8(11)3-4-9(7)12/h1,3-6,10-12H,2H2/b5-1+. The lowest BCUT2D eigenvalue weighted by Gasteiger charge is -2.00. The minimum atomic E-state index is 0.106. The van der Waals surface area contributed by atoms with Gasteiger partial charge in [-0.25, -0.2) is 0 Å². The molecule has 1 aromatic rings. The van der Waals surface area contributed by atoms with E-state index in [9.17, 15) is 5.11 Å². The molecule has 3 nitrogen and oxygen atoms in total. The van der Waals surface area contributed by atoms with Crippen LogP contribution >= 0.6 is 0 Å². The van der Waals surface area contributed by atoms with E-state index in [0.29, 0.717) is 12.0 Å². The Hall–Kier alpha value is -1.64. The summed E-state index contributed by atoms with van der Waals surface area (Å²) in [5, 5.41) is 26.6. The fourth-order valence-electron chi connectivity index (χ4n) is 0.915. The molecule has 0 aliphatic carbocycles. The highest BCUT2D eigenvalue weighted by atomic mass is 16.3. The highest BCUT2D eigenvalue weighted by Crippen LogP contribution is 2.22. The Kier molecular flexibility index (Phi) is 2.58. The first-order valence-electron chi connectivity index (χ1n) is 3.54. The topological polar surface area (TPSA) is 60.7 Å². The summed E-state index contributed by atoms with van der Waals surface area (Å²) in [4.78, 5) is 0. The van der Waals surface area contributed by atoms with Gasteiger partial charge in [-0.05, 0) is 30.7 Å². The maximum absolute atomic E-state index is 9.23. The summed E-state index contributed by atoms with van der Waals surface area (Å²) < 4.78 is 0. The number of hydrogen-bond acceptors (Lipinski definition) is 3. The molecule has 0 aliphatic rings. The third-order valence-corrected chi connectivity index (χ3v) is 1.51.